The molecule has 0 aliphatic carbocycles. The van der Waals surface area contributed by atoms with Gasteiger partial charge in [0, 0.05) is 9.50 Å². The second-order valence-corrected chi connectivity index (χ2v) is 4.95. The van der Waals surface area contributed by atoms with Crippen LogP contribution in [-0.2, 0) is 0 Å². The largest absolute Gasteiger partial charge is 0.150 e. The highest BCUT2D eigenvalue weighted by Gasteiger charge is 2.04. The summed E-state index contributed by atoms with van der Waals surface area (Å²) in [4.78, 5) is 1.60. The first kappa shape index (κ1) is 10.7. The van der Waals surface area contributed by atoms with Gasteiger partial charge in [0.05, 0.1) is 5.69 Å². The van der Waals surface area contributed by atoms with Crippen LogP contribution in [0.15, 0.2) is 46.9 Å². The highest BCUT2D eigenvalue weighted by atomic mass is 79.9. The minimum atomic E-state index is 0.702. The molecule has 0 amide bonds. The molecule has 0 aliphatic heterocycles. The molecule has 0 saturated carbocycles. The molecule has 0 atom stereocenters. The van der Waals surface area contributed by atoms with Gasteiger partial charge < -0.3 is 0 Å². The third-order valence-corrected chi connectivity index (χ3v) is 3.15. The lowest BCUT2D eigenvalue weighted by atomic mass is 10.3. The Morgan fingerprint density at radius 3 is 2.41 bits per heavy atom. The molecular formula is C12H7BrClN3. The zero-order valence-electron chi connectivity index (χ0n) is 8.64. The summed E-state index contributed by atoms with van der Waals surface area (Å²) in [7, 11) is 0. The predicted molar refractivity (Wildman–Crippen MR) is 71.6 cm³/mol. The van der Waals surface area contributed by atoms with Gasteiger partial charge in [0.15, 0.2) is 0 Å². The second kappa shape index (κ2) is 4.13. The van der Waals surface area contributed by atoms with Crippen molar-refractivity contribution >= 4 is 38.6 Å². The van der Waals surface area contributed by atoms with Gasteiger partial charge in [-0.3, -0.25) is 0 Å². The summed E-state index contributed by atoms with van der Waals surface area (Å²) < 4.78 is 0.994. The summed E-state index contributed by atoms with van der Waals surface area (Å²) in [6, 6.07) is 13.2. The van der Waals surface area contributed by atoms with E-state index in [4.69, 9.17) is 11.6 Å². The Bertz CT molecular complexity index is 676. The lowest BCUT2D eigenvalue weighted by Crippen LogP contribution is -1.97. The molecule has 5 heteroatoms. The van der Waals surface area contributed by atoms with Crippen LogP contribution < -0.4 is 0 Å². The number of hydrogen-bond acceptors (Lipinski definition) is 2. The number of hydrogen-bond donors (Lipinski definition) is 0. The van der Waals surface area contributed by atoms with Crippen molar-refractivity contribution in [2.75, 3.05) is 0 Å². The quantitative estimate of drug-likeness (QED) is 0.684. The van der Waals surface area contributed by atoms with E-state index in [1.54, 1.807) is 4.80 Å². The lowest BCUT2D eigenvalue weighted by Gasteiger charge is -1.97. The molecule has 0 bridgehead atoms. The van der Waals surface area contributed by atoms with Gasteiger partial charge >= 0.3 is 0 Å². The second-order valence-electron chi connectivity index (χ2n) is 3.60. The van der Waals surface area contributed by atoms with E-state index in [1.165, 1.54) is 0 Å². The monoisotopic (exact) mass is 307 g/mol. The van der Waals surface area contributed by atoms with Crippen molar-refractivity contribution in [1.29, 1.82) is 0 Å². The van der Waals surface area contributed by atoms with E-state index in [0.29, 0.717) is 5.02 Å². The molecule has 0 fully saturated rings. The van der Waals surface area contributed by atoms with Crippen molar-refractivity contribution in [2.45, 2.75) is 0 Å². The van der Waals surface area contributed by atoms with Crippen LogP contribution in [0.3, 0.4) is 0 Å². The van der Waals surface area contributed by atoms with Gasteiger partial charge in [-0.25, -0.2) is 0 Å². The lowest BCUT2D eigenvalue weighted by molar-refractivity contribution is 0.766. The SMILES string of the molecule is Clc1ccc(-n2nc3ccc(Br)cc3n2)cc1. The molecular weight excluding hydrogens is 302 g/mol. The molecule has 0 unspecified atom stereocenters. The number of halogens is 2. The van der Waals surface area contributed by atoms with Crippen LogP contribution in [0.4, 0.5) is 0 Å². The summed E-state index contributed by atoms with van der Waals surface area (Å²) in [6.07, 6.45) is 0. The molecule has 3 rings (SSSR count). The summed E-state index contributed by atoms with van der Waals surface area (Å²) in [5.74, 6) is 0. The molecule has 0 radical (unpaired) electrons. The Morgan fingerprint density at radius 2 is 1.65 bits per heavy atom. The van der Waals surface area contributed by atoms with Crippen LogP contribution in [0.5, 0.6) is 0 Å². The third kappa shape index (κ3) is 2.06. The maximum Gasteiger partial charge on any atom is 0.114 e. The van der Waals surface area contributed by atoms with Crippen LogP contribution >= 0.6 is 27.5 Å². The summed E-state index contributed by atoms with van der Waals surface area (Å²) in [5, 5.41) is 9.50. The first-order chi connectivity index (χ1) is 8.22. The maximum atomic E-state index is 5.84. The molecule has 0 aliphatic rings. The van der Waals surface area contributed by atoms with Crippen molar-refractivity contribution in [3.63, 3.8) is 0 Å². The molecule has 0 N–H and O–H groups in total. The van der Waals surface area contributed by atoms with E-state index in [1.807, 2.05) is 42.5 Å². The van der Waals surface area contributed by atoms with Gasteiger partial charge in [0.2, 0.25) is 0 Å². The molecule has 3 aromatic rings. The van der Waals surface area contributed by atoms with Crippen LogP contribution in [0.1, 0.15) is 0 Å². The molecule has 2 aromatic carbocycles. The highest BCUT2D eigenvalue weighted by molar-refractivity contribution is 9.10. The first-order valence-corrected chi connectivity index (χ1v) is 6.18. The number of aromatic nitrogens is 3. The maximum absolute atomic E-state index is 5.84. The average Bonchev–Trinajstić information content (AvgIpc) is 2.72. The van der Waals surface area contributed by atoms with Crippen molar-refractivity contribution in [1.82, 2.24) is 15.0 Å². The van der Waals surface area contributed by atoms with E-state index < -0.39 is 0 Å². The van der Waals surface area contributed by atoms with Crippen LogP contribution in [0.25, 0.3) is 16.7 Å². The molecule has 1 aromatic heterocycles. The Morgan fingerprint density at radius 1 is 0.941 bits per heavy atom. The Hall–Kier alpha value is -1.39. The van der Waals surface area contributed by atoms with E-state index in [9.17, 15) is 0 Å². The molecule has 0 spiro atoms. The first-order valence-electron chi connectivity index (χ1n) is 5.01. The van der Waals surface area contributed by atoms with Crippen molar-refractivity contribution in [2.24, 2.45) is 0 Å². The Kier molecular flexibility index (Phi) is 2.61. The zero-order chi connectivity index (χ0) is 11.8. The van der Waals surface area contributed by atoms with Crippen LogP contribution in [-0.4, -0.2) is 15.0 Å². The van der Waals surface area contributed by atoms with Gasteiger partial charge in [-0.2, -0.15) is 4.80 Å². The van der Waals surface area contributed by atoms with E-state index in [0.717, 1.165) is 21.2 Å². The molecule has 3 nitrogen and oxygen atoms in total. The van der Waals surface area contributed by atoms with Crippen molar-refractivity contribution in [3.05, 3.63) is 52.0 Å². The zero-order valence-corrected chi connectivity index (χ0v) is 11.0. The summed E-state index contributed by atoms with van der Waals surface area (Å²) in [6.45, 7) is 0. The Labute approximate surface area is 111 Å². The molecule has 1 heterocycles. The fourth-order valence-corrected chi connectivity index (χ4v) is 2.05. The molecule has 17 heavy (non-hydrogen) atoms. The number of nitrogens with zero attached hydrogens (tertiary/aromatic N) is 3. The van der Waals surface area contributed by atoms with E-state index in [-0.39, 0.29) is 0 Å². The molecule has 0 saturated heterocycles. The minimum absolute atomic E-state index is 0.702. The van der Waals surface area contributed by atoms with Crippen molar-refractivity contribution in [3.8, 4) is 5.69 Å². The fourth-order valence-electron chi connectivity index (χ4n) is 1.58. The standard InChI is InChI=1S/C12H7BrClN3/c13-8-1-6-11-12(7-8)16-17(15-11)10-4-2-9(14)3-5-10/h1-7H. The number of fused-ring (bicyclic) bond motifs is 1. The number of rotatable bonds is 1. The average molecular weight is 309 g/mol. The normalized spacial score (nSPS) is 10.9. The van der Waals surface area contributed by atoms with E-state index >= 15 is 0 Å². The summed E-state index contributed by atoms with van der Waals surface area (Å²) >= 11 is 9.26. The predicted octanol–water partition coefficient (Wildman–Crippen LogP) is 3.84. The van der Waals surface area contributed by atoms with Crippen LogP contribution in [0.2, 0.25) is 5.02 Å². The van der Waals surface area contributed by atoms with Gasteiger partial charge in [-0.05, 0) is 42.5 Å². The Balaban J connectivity index is 2.14. The minimum Gasteiger partial charge on any atom is -0.150 e. The number of benzene rings is 2. The fraction of sp³-hybridized carbons (Fsp3) is 0. The van der Waals surface area contributed by atoms with Crippen molar-refractivity contribution < 1.29 is 0 Å². The molecule has 84 valence electrons. The third-order valence-electron chi connectivity index (χ3n) is 2.40. The van der Waals surface area contributed by atoms with E-state index in [2.05, 4.69) is 26.1 Å². The van der Waals surface area contributed by atoms with Gasteiger partial charge in [0.1, 0.15) is 11.0 Å². The topological polar surface area (TPSA) is 30.7 Å². The smallest absolute Gasteiger partial charge is 0.114 e. The van der Waals surface area contributed by atoms with Crippen LogP contribution in [0, 0.1) is 0 Å². The van der Waals surface area contributed by atoms with Gasteiger partial charge in [-0.15, -0.1) is 10.2 Å². The highest BCUT2D eigenvalue weighted by Crippen LogP contribution is 2.18. The summed E-state index contributed by atoms with van der Waals surface area (Å²) in [5.41, 5.74) is 2.61. The van der Waals surface area contributed by atoms with Gasteiger partial charge in [0.25, 0.3) is 0 Å². The van der Waals surface area contributed by atoms with Gasteiger partial charge in [-0.1, -0.05) is 27.5 Å².